The van der Waals surface area contributed by atoms with Crippen LogP contribution in [0.3, 0.4) is 0 Å². The van der Waals surface area contributed by atoms with E-state index in [0.29, 0.717) is 29.0 Å². The molecule has 0 atom stereocenters. The highest BCUT2D eigenvalue weighted by Gasteiger charge is 2.18. The third-order valence-electron chi connectivity index (χ3n) is 1.88. The van der Waals surface area contributed by atoms with E-state index in [1.54, 1.807) is 12.1 Å². The van der Waals surface area contributed by atoms with Gasteiger partial charge in [0.1, 0.15) is 0 Å². The lowest BCUT2D eigenvalue weighted by Gasteiger charge is -2.08. The summed E-state index contributed by atoms with van der Waals surface area (Å²) in [6.07, 6.45) is 0.595. The van der Waals surface area contributed by atoms with E-state index in [9.17, 15) is 8.42 Å². The first-order valence-corrected chi connectivity index (χ1v) is 7.28. The molecule has 98 valence electrons. The largest absolute Gasteiger partial charge is 0.330 e. The Morgan fingerprint density at radius 3 is 2.65 bits per heavy atom. The maximum atomic E-state index is 11.8. The van der Waals surface area contributed by atoms with Crippen molar-refractivity contribution in [1.29, 1.82) is 0 Å². The molecule has 8 heteroatoms. The van der Waals surface area contributed by atoms with Gasteiger partial charge >= 0.3 is 0 Å². The van der Waals surface area contributed by atoms with Gasteiger partial charge in [0, 0.05) is 6.54 Å². The van der Waals surface area contributed by atoms with E-state index in [-0.39, 0.29) is 17.3 Å². The fourth-order valence-corrected chi connectivity index (χ4v) is 3.38. The first kappa shape index (κ1) is 17.2. The van der Waals surface area contributed by atoms with Gasteiger partial charge in [0.05, 0.1) is 14.4 Å². The minimum Gasteiger partial charge on any atom is -0.330 e. The van der Waals surface area contributed by atoms with Crippen molar-refractivity contribution in [1.82, 2.24) is 4.72 Å². The smallest absolute Gasteiger partial charge is 0.241 e. The number of halogens is 3. The normalized spacial score (nSPS) is 11.0. The molecule has 4 nitrogen and oxygen atoms in total. The molecule has 0 bridgehead atoms. The van der Waals surface area contributed by atoms with Crippen molar-refractivity contribution in [2.75, 3.05) is 13.1 Å². The molecule has 0 heterocycles. The number of nitrogens with two attached hydrogens (primary N) is 1. The summed E-state index contributed by atoms with van der Waals surface area (Å²) in [6.45, 7) is 0.761. The van der Waals surface area contributed by atoms with Crippen molar-refractivity contribution in [3.05, 3.63) is 27.7 Å². The molecule has 0 saturated carbocycles. The van der Waals surface area contributed by atoms with E-state index in [1.807, 2.05) is 0 Å². The predicted molar refractivity (Wildman–Crippen MR) is 75.3 cm³/mol. The summed E-state index contributed by atoms with van der Waals surface area (Å²) >= 11 is 8.97. The van der Waals surface area contributed by atoms with Crippen LogP contribution >= 0.6 is 39.9 Å². The van der Waals surface area contributed by atoms with Crippen molar-refractivity contribution in [3.8, 4) is 0 Å². The Labute approximate surface area is 121 Å². The summed E-state index contributed by atoms with van der Waals surface area (Å²) in [5, 5.41) is 0.363. The van der Waals surface area contributed by atoms with Crippen LogP contribution < -0.4 is 10.5 Å². The van der Waals surface area contributed by atoms with Crippen LogP contribution in [0.4, 0.5) is 0 Å². The molecule has 0 spiro atoms. The van der Waals surface area contributed by atoms with Crippen LogP contribution in [0.25, 0.3) is 0 Å². The zero-order valence-electron chi connectivity index (χ0n) is 8.82. The van der Waals surface area contributed by atoms with Gasteiger partial charge in [-0.2, -0.15) is 0 Å². The first-order valence-electron chi connectivity index (χ1n) is 4.63. The van der Waals surface area contributed by atoms with Crippen molar-refractivity contribution < 1.29 is 8.42 Å². The Balaban J connectivity index is 0.00000256. The molecule has 3 N–H and O–H groups in total. The van der Waals surface area contributed by atoms with Gasteiger partial charge in [0.2, 0.25) is 10.0 Å². The molecule has 0 saturated heterocycles. The summed E-state index contributed by atoms with van der Waals surface area (Å²) in [5.41, 5.74) is 5.29. The van der Waals surface area contributed by atoms with E-state index in [2.05, 4.69) is 20.7 Å². The van der Waals surface area contributed by atoms with Crippen LogP contribution in [0.5, 0.6) is 0 Å². The number of rotatable bonds is 5. The fourth-order valence-electron chi connectivity index (χ4n) is 1.08. The summed E-state index contributed by atoms with van der Waals surface area (Å²) < 4.78 is 26.5. The average molecular weight is 364 g/mol. The third-order valence-corrected chi connectivity index (χ3v) is 5.04. The van der Waals surface area contributed by atoms with E-state index in [1.165, 1.54) is 6.07 Å². The monoisotopic (exact) mass is 362 g/mol. The van der Waals surface area contributed by atoms with Gasteiger partial charge in [0.25, 0.3) is 0 Å². The minimum atomic E-state index is -3.52. The molecule has 0 unspecified atom stereocenters. The summed E-state index contributed by atoms with van der Waals surface area (Å²) in [4.78, 5) is 0.136. The zero-order valence-corrected chi connectivity index (χ0v) is 12.8. The van der Waals surface area contributed by atoms with E-state index < -0.39 is 10.0 Å². The quantitative estimate of drug-likeness (QED) is 0.787. The van der Waals surface area contributed by atoms with Gasteiger partial charge in [-0.05, 0) is 41.0 Å². The van der Waals surface area contributed by atoms with Crippen LogP contribution in [0.15, 0.2) is 27.6 Å². The summed E-state index contributed by atoms with van der Waals surface area (Å²) in [5.74, 6) is 0. The van der Waals surface area contributed by atoms with Crippen molar-refractivity contribution in [2.24, 2.45) is 5.73 Å². The number of hydrogen-bond donors (Lipinski definition) is 2. The van der Waals surface area contributed by atoms with Gasteiger partial charge in [0.15, 0.2) is 0 Å². The molecule has 17 heavy (non-hydrogen) atoms. The minimum absolute atomic E-state index is 0. The van der Waals surface area contributed by atoms with Gasteiger partial charge in [-0.3, -0.25) is 0 Å². The van der Waals surface area contributed by atoms with Crippen LogP contribution in [-0.2, 0) is 10.0 Å². The molecule has 0 aromatic heterocycles. The highest BCUT2D eigenvalue weighted by Crippen LogP contribution is 2.29. The molecular weight excluding hydrogens is 351 g/mol. The second-order valence-electron chi connectivity index (χ2n) is 3.09. The Morgan fingerprint density at radius 2 is 2.06 bits per heavy atom. The maximum Gasteiger partial charge on any atom is 0.241 e. The average Bonchev–Trinajstić information content (AvgIpc) is 2.22. The van der Waals surface area contributed by atoms with E-state index in [4.69, 9.17) is 17.3 Å². The molecule has 1 aromatic rings. The van der Waals surface area contributed by atoms with Crippen LogP contribution in [0.2, 0.25) is 5.02 Å². The van der Waals surface area contributed by atoms with Gasteiger partial charge in [-0.15, -0.1) is 12.4 Å². The predicted octanol–water partition coefficient (Wildman–Crippen LogP) is 2.15. The lowest BCUT2D eigenvalue weighted by molar-refractivity contribution is 0.579. The van der Waals surface area contributed by atoms with Gasteiger partial charge in [-0.1, -0.05) is 17.7 Å². The zero-order chi connectivity index (χ0) is 12.2. The lowest BCUT2D eigenvalue weighted by atomic mass is 10.4. The van der Waals surface area contributed by atoms with Crippen molar-refractivity contribution >= 4 is 50.0 Å². The molecular formula is C9H13BrCl2N2O2S. The first-order chi connectivity index (χ1) is 7.49. The van der Waals surface area contributed by atoms with Crippen molar-refractivity contribution in [2.45, 2.75) is 11.3 Å². The number of nitrogens with one attached hydrogen (secondary N) is 1. The van der Waals surface area contributed by atoms with Crippen LogP contribution in [-0.4, -0.2) is 21.5 Å². The lowest BCUT2D eigenvalue weighted by Crippen LogP contribution is -2.26. The Bertz CT molecular complexity index is 468. The van der Waals surface area contributed by atoms with Crippen molar-refractivity contribution in [3.63, 3.8) is 0 Å². The maximum absolute atomic E-state index is 11.8. The number of sulfonamides is 1. The standard InChI is InChI=1S/C9H12BrClN2O2S.ClH/c10-9-7(11)3-1-4-8(9)16(14,15)13-6-2-5-12;/h1,3-4,13H,2,5-6,12H2;1H. The second kappa shape index (κ2) is 7.56. The Morgan fingerprint density at radius 1 is 1.41 bits per heavy atom. The van der Waals surface area contributed by atoms with Crippen LogP contribution in [0.1, 0.15) is 6.42 Å². The molecule has 0 aliphatic carbocycles. The number of benzene rings is 1. The fraction of sp³-hybridized carbons (Fsp3) is 0.333. The number of hydrogen-bond acceptors (Lipinski definition) is 3. The summed E-state index contributed by atoms with van der Waals surface area (Å²) in [7, 11) is -3.52. The summed E-state index contributed by atoms with van der Waals surface area (Å²) in [6, 6.07) is 4.69. The molecule has 0 radical (unpaired) electrons. The Kier molecular flexibility index (Phi) is 7.62. The molecule has 0 aliphatic heterocycles. The van der Waals surface area contributed by atoms with E-state index >= 15 is 0 Å². The molecule has 0 aliphatic rings. The van der Waals surface area contributed by atoms with Gasteiger partial charge in [-0.25, -0.2) is 13.1 Å². The molecule has 1 rings (SSSR count). The highest BCUT2D eigenvalue weighted by molar-refractivity contribution is 9.10. The SMILES string of the molecule is Cl.NCCCNS(=O)(=O)c1cccc(Cl)c1Br. The van der Waals surface area contributed by atoms with Crippen LogP contribution in [0, 0.1) is 0 Å². The molecule has 0 fully saturated rings. The second-order valence-corrected chi connectivity index (χ2v) is 6.03. The highest BCUT2D eigenvalue weighted by atomic mass is 79.9. The molecule has 0 amide bonds. The molecule has 1 aromatic carbocycles. The van der Waals surface area contributed by atoms with E-state index in [0.717, 1.165) is 0 Å². The topological polar surface area (TPSA) is 72.2 Å². The third kappa shape index (κ3) is 4.73. The Hall–Kier alpha value is 0.150. The van der Waals surface area contributed by atoms with Gasteiger partial charge < -0.3 is 5.73 Å².